The number of hydrogen-bond acceptors (Lipinski definition) is 3. The van der Waals surface area contributed by atoms with Gasteiger partial charge < -0.3 is 10.6 Å². The number of carbonyl (C=O) groups excluding carboxylic acids is 1. The molecule has 2 aromatic rings. The van der Waals surface area contributed by atoms with E-state index in [0.29, 0.717) is 18.2 Å². The number of hydrogen-bond donors (Lipinski definition) is 1. The van der Waals surface area contributed by atoms with E-state index in [9.17, 15) is 4.79 Å². The zero-order valence-electron chi connectivity index (χ0n) is 12.1. The molecule has 0 spiro atoms. The van der Waals surface area contributed by atoms with Crippen molar-refractivity contribution in [2.45, 2.75) is 32.4 Å². The van der Waals surface area contributed by atoms with Crippen LogP contribution < -0.4 is 5.73 Å². The molecule has 0 radical (unpaired) electrons. The van der Waals surface area contributed by atoms with Crippen LogP contribution in [0.25, 0.3) is 0 Å². The lowest BCUT2D eigenvalue weighted by atomic mass is 10.1. The molecule has 0 unspecified atom stereocenters. The molecule has 0 saturated heterocycles. The Morgan fingerprint density at radius 3 is 2.52 bits per heavy atom. The summed E-state index contributed by atoms with van der Waals surface area (Å²) in [6, 6.07) is 11.8. The Morgan fingerprint density at radius 2 is 1.95 bits per heavy atom. The van der Waals surface area contributed by atoms with E-state index >= 15 is 0 Å². The zero-order chi connectivity index (χ0) is 14.8. The van der Waals surface area contributed by atoms with Crippen LogP contribution in [-0.4, -0.2) is 21.8 Å². The second-order valence-corrected chi connectivity index (χ2v) is 5.59. The standard InChI is InChI=1S/C17H19N3O/c1-12-2-5-14(10-19-12)17(21)20(16-8-9-16)11-13-3-6-15(18)7-4-13/h2-7,10,16H,8-9,11,18H2,1H3. The van der Waals surface area contributed by atoms with Crippen LogP contribution in [0.2, 0.25) is 0 Å². The fourth-order valence-electron chi connectivity index (χ4n) is 2.33. The monoisotopic (exact) mass is 281 g/mol. The number of nitrogens with zero attached hydrogens (tertiary/aromatic N) is 2. The molecule has 0 atom stereocenters. The van der Waals surface area contributed by atoms with Gasteiger partial charge in [-0.1, -0.05) is 12.1 Å². The zero-order valence-corrected chi connectivity index (χ0v) is 12.1. The van der Waals surface area contributed by atoms with Gasteiger partial charge in [-0.05, 0) is 49.6 Å². The fraction of sp³-hybridized carbons (Fsp3) is 0.294. The summed E-state index contributed by atoms with van der Waals surface area (Å²) < 4.78 is 0. The minimum absolute atomic E-state index is 0.0572. The summed E-state index contributed by atoms with van der Waals surface area (Å²) in [6.07, 6.45) is 3.83. The fourth-order valence-corrected chi connectivity index (χ4v) is 2.33. The smallest absolute Gasteiger partial charge is 0.255 e. The van der Waals surface area contributed by atoms with E-state index in [1.165, 1.54) is 0 Å². The second kappa shape index (κ2) is 5.56. The summed E-state index contributed by atoms with van der Waals surface area (Å²) >= 11 is 0. The molecule has 1 aliphatic rings. The number of pyridine rings is 1. The Balaban J connectivity index is 1.79. The highest BCUT2D eigenvalue weighted by Crippen LogP contribution is 2.29. The van der Waals surface area contributed by atoms with Crippen LogP contribution in [0.5, 0.6) is 0 Å². The first-order valence-electron chi connectivity index (χ1n) is 7.21. The Morgan fingerprint density at radius 1 is 1.24 bits per heavy atom. The average molecular weight is 281 g/mol. The topological polar surface area (TPSA) is 59.2 Å². The third-order valence-electron chi connectivity index (χ3n) is 3.74. The Labute approximate surface area is 124 Å². The average Bonchev–Trinajstić information content (AvgIpc) is 3.31. The molecular weight excluding hydrogens is 262 g/mol. The number of amides is 1. The van der Waals surface area contributed by atoms with E-state index in [2.05, 4.69) is 4.98 Å². The highest BCUT2D eigenvalue weighted by atomic mass is 16.2. The number of nitrogen functional groups attached to an aromatic ring is 1. The minimum Gasteiger partial charge on any atom is -0.399 e. The van der Waals surface area contributed by atoms with Gasteiger partial charge in [0, 0.05) is 30.2 Å². The van der Waals surface area contributed by atoms with Crippen LogP contribution in [0, 0.1) is 6.92 Å². The molecular formula is C17H19N3O. The molecule has 1 fully saturated rings. The number of benzene rings is 1. The lowest BCUT2D eigenvalue weighted by Crippen LogP contribution is -2.32. The minimum atomic E-state index is 0.0572. The summed E-state index contributed by atoms with van der Waals surface area (Å²) in [6.45, 7) is 2.54. The van der Waals surface area contributed by atoms with Gasteiger partial charge >= 0.3 is 0 Å². The quantitative estimate of drug-likeness (QED) is 0.877. The van der Waals surface area contributed by atoms with Gasteiger partial charge in [0.05, 0.1) is 5.56 Å². The molecule has 4 nitrogen and oxygen atoms in total. The molecule has 0 bridgehead atoms. The van der Waals surface area contributed by atoms with E-state index in [4.69, 9.17) is 5.73 Å². The van der Waals surface area contributed by atoms with Crippen molar-refractivity contribution in [3.8, 4) is 0 Å². The maximum atomic E-state index is 12.7. The van der Waals surface area contributed by atoms with Gasteiger partial charge in [0.1, 0.15) is 0 Å². The molecule has 1 aromatic carbocycles. The maximum absolute atomic E-state index is 12.7. The van der Waals surface area contributed by atoms with Crippen LogP contribution in [0.15, 0.2) is 42.6 Å². The van der Waals surface area contributed by atoms with E-state index in [-0.39, 0.29) is 5.91 Å². The molecule has 4 heteroatoms. The molecule has 1 saturated carbocycles. The Hall–Kier alpha value is -2.36. The summed E-state index contributed by atoms with van der Waals surface area (Å²) in [4.78, 5) is 18.8. The highest BCUT2D eigenvalue weighted by Gasteiger charge is 2.33. The normalized spacial score (nSPS) is 14.0. The summed E-state index contributed by atoms with van der Waals surface area (Å²) in [5, 5.41) is 0. The molecule has 1 aromatic heterocycles. The van der Waals surface area contributed by atoms with Crippen LogP contribution in [0.1, 0.15) is 34.5 Å². The lowest BCUT2D eigenvalue weighted by molar-refractivity contribution is 0.0729. The first-order valence-corrected chi connectivity index (χ1v) is 7.21. The van der Waals surface area contributed by atoms with Crippen molar-refractivity contribution in [1.82, 2.24) is 9.88 Å². The molecule has 108 valence electrons. The van der Waals surface area contributed by atoms with Crippen molar-refractivity contribution in [2.75, 3.05) is 5.73 Å². The predicted octanol–water partition coefficient (Wildman–Crippen LogP) is 2.78. The molecule has 21 heavy (non-hydrogen) atoms. The summed E-state index contributed by atoms with van der Waals surface area (Å²) in [5.41, 5.74) is 9.12. The first-order chi connectivity index (χ1) is 10.1. The lowest BCUT2D eigenvalue weighted by Gasteiger charge is -2.22. The second-order valence-electron chi connectivity index (χ2n) is 5.59. The van der Waals surface area contributed by atoms with Crippen molar-refractivity contribution in [1.29, 1.82) is 0 Å². The Bertz CT molecular complexity index is 630. The van der Waals surface area contributed by atoms with Gasteiger partial charge in [-0.25, -0.2) is 0 Å². The van der Waals surface area contributed by atoms with Gasteiger partial charge in [0.2, 0.25) is 0 Å². The largest absolute Gasteiger partial charge is 0.399 e. The van der Waals surface area contributed by atoms with E-state index in [1.807, 2.05) is 48.2 Å². The van der Waals surface area contributed by atoms with Crippen LogP contribution in [-0.2, 0) is 6.54 Å². The number of anilines is 1. The van der Waals surface area contributed by atoms with E-state index < -0.39 is 0 Å². The van der Waals surface area contributed by atoms with Crippen molar-refractivity contribution in [3.63, 3.8) is 0 Å². The van der Waals surface area contributed by atoms with Crippen molar-refractivity contribution < 1.29 is 4.79 Å². The molecule has 1 aliphatic carbocycles. The molecule has 3 rings (SSSR count). The predicted molar refractivity (Wildman–Crippen MR) is 82.7 cm³/mol. The van der Waals surface area contributed by atoms with Crippen LogP contribution in [0.3, 0.4) is 0 Å². The van der Waals surface area contributed by atoms with Crippen LogP contribution >= 0.6 is 0 Å². The SMILES string of the molecule is Cc1ccc(C(=O)N(Cc2ccc(N)cc2)C2CC2)cn1. The van der Waals surface area contributed by atoms with Gasteiger partial charge in [0.15, 0.2) is 0 Å². The molecule has 2 N–H and O–H groups in total. The third-order valence-corrected chi connectivity index (χ3v) is 3.74. The molecule has 1 heterocycles. The summed E-state index contributed by atoms with van der Waals surface area (Å²) in [5.74, 6) is 0.0572. The van der Waals surface area contributed by atoms with Crippen molar-refractivity contribution in [2.24, 2.45) is 0 Å². The van der Waals surface area contributed by atoms with Gasteiger partial charge in [-0.2, -0.15) is 0 Å². The number of nitrogens with two attached hydrogens (primary N) is 1. The number of carbonyl (C=O) groups is 1. The van der Waals surface area contributed by atoms with Crippen molar-refractivity contribution >= 4 is 11.6 Å². The van der Waals surface area contributed by atoms with Gasteiger partial charge in [-0.15, -0.1) is 0 Å². The summed E-state index contributed by atoms with van der Waals surface area (Å²) in [7, 11) is 0. The van der Waals surface area contributed by atoms with Gasteiger partial charge in [0.25, 0.3) is 5.91 Å². The maximum Gasteiger partial charge on any atom is 0.255 e. The van der Waals surface area contributed by atoms with Crippen molar-refractivity contribution in [3.05, 3.63) is 59.4 Å². The van der Waals surface area contributed by atoms with Gasteiger partial charge in [-0.3, -0.25) is 9.78 Å². The van der Waals surface area contributed by atoms with E-state index in [0.717, 1.165) is 29.8 Å². The number of aryl methyl sites for hydroxylation is 1. The highest BCUT2D eigenvalue weighted by molar-refractivity contribution is 5.94. The number of aromatic nitrogens is 1. The third kappa shape index (κ3) is 3.21. The molecule has 0 aliphatic heterocycles. The first kappa shape index (κ1) is 13.6. The van der Waals surface area contributed by atoms with Crippen LogP contribution in [0.4, 0.5) is 5.69 Å². The molecule has 1 amide bonds. The Kier molecular flexibility index (Phi) is 3.60. The number of rotatable bonds is 4. The van der Waals surface area contributed by atoms with E-state index in [1.54, 1.807) is 6.20 Å².